The van der Waals surface area contributed by atoms with Crippen LogP contribution in [0.15, 0.2) is 170 Å². The predicted molar refractivity (Wildman–Crippen MR) is 229 cm³/mol. The first-order valence-corrected chi connectivity index (χ1v) is 20.1. The smallest absolute Gasteiger partial charge is 0.345 e. The first kappa shape index (κ1) is 40.2. The molecule has 0 unspecified atom stereocenters. The lowest BCUT2D eigenvalue weighted by molar-refractivity contribution is -0.153. The second-order valence-corrected chi connectivity index (χ2v) is 14.9. The lowest BCUT2D eigenvalue weighted by atomic mass is 9.77. The third-order valence-electron chi connectivity index (χ3n) is 10.6. The summed E-state index contributed by atoms with van der Waals surface area (Å²) < 4.78 is 7.31. The summed E-state index contributed by atoms with van der Waals surface area (Å²) in [4.78, 5) is 42.0. The molecule has 1 amide bonds. The summed E-state index contributed by atoms with van der Waals surface area (Å²) in [5, 5.41) is 13.8. The summed E-state index contributed by atoms with van der Waals surface area (Å²) in [6, 6.07) is 54.3. The van der Waals surface area contributed by atoms with Crippen molar-refractivity contribution < 1.29 is 19.1 Å². The SMILES string of the molecule is CCCCC(=O)N(Cc1ccc(-c2ccccc2-c2nnnn2C(c2ccccc2)(c2ccccc2)c2ccccc2)cc1)[C@H](C(=O)OC(=O)c1ccccc1)C(C)C. The fraction of sp³-hybridized carbons (Fsp3) is 0.200. The maximum atomic E-state index is 13.8. The minimum atomic E-state index is -0.967. The highest BCUT2D eigenvalue weighted by molar-refractivity contribution is 5.99. The van der Waals surface area contributed by atoms with Gasteiger partial charge in [0.25, 0.3) is 0 Å². The van der Waals surface area contributed by atoms with Crippen LogP contribution in [0.5, 0.6) is 0 Å². The summed E-state index contributed by atoms with van der Waals surface area (Å²) in [5.41, 5.74) is 5.83. The number of unbranched alkanes of at least 4 members (excludes halogenated alkanes) is 1. The third kappa shape index (κ3) is 8.50. The maximum Gasteiger partial charge on any atom is 0.345 e. The molecule has 0 aliphatic heterocycles. The highest BCUT2D eigenvalue weighted by Crippen LogP contribution is 2.43. The number of carbonyl (C=O) groups excluding carboxylic acids is 3. The van der Waals surface area contributed by atoms with Crippen molar-refractivity contribution >= 4 is 17.8 Å². The van der Waals surface area contributed by atoms with Crippen LogP contribution in [-0.2, 0) is 26.4 Å². The van der Waals surface area contributed by atoms with E-state index in [1.165, 1.54) is 0 Å². The van der Waals surface area contributed by atoms with Gasteiger partial charge in [0.2, 0.25) is 5.91 Å². The molecule has 0 fully saturated rings. The molecule has 7 aromatic rings. The first-order valence-electron chi connectivity index (χ1n) is 20.1. The van der Waals surface area contributed by atoms with Gasteiger partial charge < -0.3 is 9.64 Å². The Hall–Kier alpha value is -7.00. The molecule has 59 heavy (non-hydrogen) atoms. The summed E-state index contributed by atoms with van der Waals surface area (Å²) in [7, 11) is 0. The van der Waals surface area contributed by atoms with Crippen LogP contribution in [-0.4, -0.2) is 49.0 Å². The maximum absolute atomic E-state index is 13.8. The van der Waals surface area contributed by atoms with Crippen LogP contribution in [0.1, 0.15) is 72.6 Å². The molecular formula is C50H47N5O4. The number of amides is 1. The molecule has 7 rings (SSSR count). The highest BCUT2D eigenvalue weighted by atomic mass is 16.6. The van der Waals surface area contributed by atoms with Gasteiger partial charge in [0.05, 0.1) is 5.56 Å². The molecule has 0 radical (unpaired) electrons. The van der Waals surface area contributed by atoms with E-state index in [0.29, 0.717) is 12.2 Å². The van der Waals surface area contributed by atoms with E-state index in [1.807, 2.05) is 129 Å². The molecule has 296 valence electrons. The molecule has 0 bridgehead atoms. The minimum absolute atomic E-state index is 0.161. The molecule has 0 N–H and O–H groups in total. The van der Waals surface area contributed by atoms with Crippen molar-refractivity contribution in [1.82, 2.24) is 25.1 Å². The van der Waals surface area contributed by atoms with Crippen LogP contribution < -0.4 is 0 Å². The Balaban J connectivity index is 1.25. The summed E-state index contributed by atoms with van der Waals surface area (Å²) in [6.07, 6.45) is 1.77. The quantitative estimate of drug-likeness (QED) is 0.0579. The second kappa shape index (κ2) is 18.5. The molecule has 6 aromatic carbocycles. The van der Waals surface area contributed by atoms with Crippen LogP contribution in [0.4, 0.5) is 0 Å². The van der Waals surface area contributed by atoms with Crippen molar-refractivity contribution in [1.29, 1.82) is 0 Å². The number of nitrogens with zero attached hydrogens (tertiary/aromatic N) is 5. The lowest BCUT2D eigenvalue weighted by Gasteiger charge is -2.36. The lowest BCUT2D eigenvalue weighted by Crippen LogP contribution is -2.48. The van der Waals surface area contributed by atoms with E-state index in [4.69, 9.17) is 15.0 Å². The van der Waals surface area contributed by atoms with Gasteiger partial charge in [-0.15, -0.1) is 5.10 Å². The van der Waals surface area contributed by atoms with E-state index in [1.54, 1.807) is 35.2 Å². The fourth-order valence-electron chi connectivity index (χ4n) is 7.76. The monoisotopic (exact) mass is 781 g/mol. The van der Waals surface area contributed by atoms with Gasteiger partial charge in [-0.3, -0.25) is 4.79 Å². The standard InChI is InChI=1S/C50H47N5O4/c1-4-5-30-45(56)54(46(36(2)3)49(58)59-48(57)39-20-10-6-11-21-39)35-37-31-33-38(34-32-37)43-28-18-19-29-44(43)47-51-52-53-55(47)50(40-22-12-7-13-23-40,41-24-14-8-15-25-41)42-26-16-9-17-27-42/h6-29,31-34,36,46H,4-5,30,35H2,1-3H3/t46-/m0/s1. The van der Waals surface area contributed by atoms with E-state index in [9.17, 15) is 14.4 Å². The Kier molecular flexibility index (Phi) is 12.6. The fourth-order valence-corrected chi connectivity index (χ4v) is 7.76. The number of hydrogen-bond donors (Lipinski definition) is 0. The van der Waals surface area contributed by atoms with E-state index < -0.39 is 23.5 Å². The molecule has 0 saturated heterocycles. The number of hydrogen-bond acceptors (Lipinski definition) is 7. The minimum Gasteiger partial charge on any atom is -0.388 e. The number of ether oxygens (including phenoxy) is 1. The van der Waals surface area contributed by atoms with Gasteiger partial charge >= 0.3 is 11.9 Å². The zero-order valence-electron chi connectivity index (χ0n) is 33.5. The van der Waals surface area contributed by atoms with E-state index in [-0.39, 0.29) is 30.4 Å². The molecule has 1 aromatic heterocycles. The molecule has 9 heteroatoms. The van der Waals surface area contributed by atoms with E-state index in [2.05, 4.69) is 41.6 Å². The second-order valence-electron chi connectivity index (χ2n) is 14.9. The van der Waals surface area contributed by atoms with Crippen molar-refractivity contribution in [3.05, 3.63) is 198 Å². The van der Waals surface area contributed by atoms with Crippen LogP contribution in [0.3, 0.4) is 0 Å². The zero-order valence-corrected chi connectivity index (χ0v) is 33.5. The summed E-state index contributed by atoms with van der Waals surface area (Å²) in [5.74, 6) is -1.40. The topological polar surface area (TPSA) is 107 Å². The molecule has 1 atom stereocenters. The van der Waals surface area contributed by atoms with Gasteiger partial charge in [0.15, 0.2) is 5.82 Å². The average molecular weight is 782 g/mol. The van der Waals surface area contributed by atoms with Crippen LogP contribution in [0.2, 0.25) is 0 Å². The number of carbonyl (C=O) groups is 3. The number of rotatable bonds is 15. The number of benzene rings is 6. The summed E-state index contributed by atoms with van der Waals surface area (Å²) in [6.45, 7) is 5.89. The Labute approximate surface area is 345 Å². The average Bonchev–Trinajstić information content (AvgIpc) is 3.77. The first-order chi connectivity index (χ1) is 28.8. The van der Waals surface area contributed by atoms with E-state index >= 15 is 0 Å². The molecule has 0 aliphatic carbocycles. The predicted octanol–water partition coefficient (Wildman–Crippen LogP) is 9.77. The van der Waals surface area contributed by atoms with E-state index in [0.717, 1.165) is 45.4 Å². The van der Waals surface area contributed by atoms with Crippen molar-refractivity contribution in [2.75, 3.05) is 0 Å². The largest absolute Gasteiger partial charge is 0.388 e. The van der Waals surface area contributed by atoms with Gasteiger partial charge in [-0.05, 0) is 68.3 Å². The Morgan fingerprint density at radius 2 is 1.17 bits per heavy atom. The van der Waals surface area contributed by atoms with Gasteiger partial charge in [0, 0.05) is 18.5 Å². The normalized spacial score (nSPS) is 11.9. The Morgan fingerprint density at radius 1 is 0.661 bits per heavy atom. The molecule has 1 heterocycles. The van der Waals surface area contributed by atoms with Gasteiger partial charge in [-0.25, -0.2) is 14.3 Å². The molecule has 0 saturated carbocycles. The molecular weight excluding hydrogens is 735 g/mol. The third-order valence-corrected chi connectivity index (χ3v) is 10.6. The van der Waals surface area contributed by atoms with Gasteiger partial charge in [0.1, 0.15) is 11.6 Å². The highest BCUT2D eigenvalue weighted by Gasteiger charge is 2.42. The number of aromatic nitrogens is 4. The molecule has 9 nitrogen and oxygen atoms in total. The van der Waals surface area contributed by atoms with Crippen LogP contribution in [0.25, 0.3) is 22.5 Å². The van der Waals surface area contributed by atoms with Gasteiger partial charge in [-0.1, -0.05) is 185 Å². The van der Waals surface area contributed by atoms with Crippen molar-refractivity contribution in [3.8, 4) is 22.5 Å². The number of tetrazole rings is 1. The van der Waals surface area contributed by atoms with Crippen molar-refractivity contribution in [3.63, 3.8) is 0 Å². The summed E-state index contributed by atoms with van der Waals surface area (Å²) >= 11 is 0. The van der Waals surface area contributed by atoms with Crippen molar-refractivity contribution in [2.24, 2.45) is 5.92 Å². The molecule has 0 aliphatic rings. The van der Waals surface area contributed by atoms with Crippen molar-refractivity contribution in [2.45, 2.75) is 58.2 Å². The van der Waals surface area contributed by atoms with Crippen LogP contribution >= 0.6 is 0 Å². The zero-order chi connectivity index (χ0) is 41.2. The van der Waals surface area contributed by atoms with Crippen LogP contribution in [0, 0.1) is 5.92 Å². The Morgan fingerprint density at radius 3 is 1.69 bits per heavy atom. The number of esters is 2. The molecule has 0 spiro atoms. The van der Waals surface area contributed by atoms with Gasteiger partial charge in [-0.2, -0.15) is 0 Å². The Bertz CT molecular complexity index is 2370.